The van der Waals surface area contributed by atoms with Crippen LogP contribution in [0.5, 0.6) is 0 Å². The first-order chi connectivity index (χ1) is 6.43. The van der Waals surface area contributed by atoms with Crippen molar-refractivity contribution in [2.45, 2.75) is 39.0 Å². The summed E-state index contributed by atoms with van der Waals surface area (Å²) in [4.78, 5) is 0. The third kappa shape index (κ3) is 7.39. The summed E-state index contributed by atoms with van der Waals surface area (Å²) in [5.74, 6) is 3.70. The number of rotatable bonds is 9. The monoisotopic (exact) mass is 201 g/mol. The molecule has 1 N–H and O–H groups in total. The van der Waals surface area contributed by atoms with Crippen LogP contribution in [0.1, 0.15) is 39.0 Å². The third-order valence-electron chi connectivity index (χ3n) is 2.51. The molecule has 1 saturated carbocycles. The van der Waals surface area contributed by atoms with Gasteiger partial charge in [-0.15, -0.1) is 0 Å². The van der Waals surface area contributed by atoms with E-state index in [-0.39, 0.29) is 0 Å². The standard InChI is InChI=1S/C11H23NS/c1-2-13-10-4-9-12-8-3-5-11-6-7-11/h11-12H,2-10H2,1H3. The van der Waals surface area contributed by atoms with Crippen LogP contribution in [0.15, 0.2) is 0 Å². The lowest BCUT2D eigenvalue weighted by molar-refractivity contribution is 0.592. The Hall–Kier alpha value is 0.310. The lowest BCUT2D eigenvalue weighted by Crippen LogP contribution is -2.17. The first kappa shape index (κ1) is 11.4. The van der Waals surface area contributed by atoms with Gasteiger partial charge in [0.1, 0.15) is 0 Å². The molecule has 0 radical (unpaired) electrons. The highest BCUT2D eigenvalue weighted by Crippen LogP contribution is 2.33. The van der Waals surface area contributed by atoms with Gasteiger partial charge in [0, 0.05) is 0 Å². The second-order valence-corrected chi connectivity index (χ2v) is 5.28. The van der Waals surface area contributed by atoms with Gasteiger partial charge in [0.15, 0.2) is 0 Å². The fraction of sp³-hybridized carbons (Fsp3) is 1.00. The van der Waals surface area contributed by atoms with Gasteiger partial charge in [0.2, 0.25) is 0 Å². The van der Waals surface area contributed by atoms with Crippen molar-refractivity contribution in [2.24, 2.45) is 5.92 Å². The molecule has 78 valence electrons. The largest absolute Gasteiger partial charge is 0.317 e. The number of thioether (sulfide) groups is 1. The minimum absolute atomic E-state index is 1.11. The highest BCUT2D eigenvalue weighted by atomic mass is 32.2. The molecule has 0 amide bonds. The topological polar surface area (TPSA) is 12.0 Å². The zero-order valence-electron chi connectivity index (χ0n) is 8.85. The van der Waals surface area contributed by atoms with Crippen LogP contribution in [0, 0.1) is 5.92 Å². The van der Waals surface area contributed by atoms with E-state index < -0.39 is 0 Å². The maximum absolute atomic E-state index is 3.51. The fourth-order valence-electron chi connectivity index (χ4n) is 1.49. The van der Waals surface area contributed by atoms with Crippen LogP contribution in [0.25, 0.3) is 0 Å². The van der Waals surface area contributed by atoms with Crippen LogP contribution < -0.4 is 5.32 Å². The molecule has 0 aromatic carbocycles. The summed E-state index contributed by atoms with van der Waals surface area (Å²) in [5.41, 5.74) is 0. The van der Waals surface area contributed by atoms with Gasteiger partial charge in [0.25, 0.3) is 0 Å². The SMILES string of the molecule is CCSCCCNCCCC1CC1. The summed E-state index contributed by atoms with van der Waals surface area (Å²) in [6, 6.07) is 0. The van der Waals surface area contributed by atoms with Crippen molar-refractivity contribution >= 4 is 11.8 Å². The van der Waals surface area contributed by atoms with Crippen molar-refractivity contribution in [3.8, 4) is 0 Å². The lowest BCUT2D eigenvalue weighted by atomic mass is 10.2. The van der Waals surface area contributed by atoms with Gasteiger partial charge in [-0.2, -0.15) is 11.8 Å². The van der Waals surface area contributed by atoms with Gasteiger partial charge in [0.05, 0.1) is 0 Å². The Bertz CT molecular complexity index is 113. The van der Waals surface area contributed by atoms with E-state index >= 15 is 0 Å². The van der Waals surface area contributed by atoms with E-state index in [1.807, 2.05) is 11.8 Å². The minimum Gasteiger partial charge on any atom is -0.317 e. The highest BCUT2D eigenvalue weighted by molar-refractivity contribution is 7.99. The van der Waals surface area contributed by atoms with Crippen molar-refractivity contribution in [3.63, 3.8) is 0 Å². The van der Waals surface area contributed by atoms with Crippen LogP contribution in [0.4, 0.5) is 0 Å². The van der Waals surface area contributed by atoms with Crippen molar-refractivity contribution < 1.29 is 0 Å². The van der Waals surface area contributed by atoms with E-state index in [0.29, 0.717) is 0 Å². The summed E-state index contributed by atoms with van der Waals surface area (Å²) in [6.07, 6.45) is 7.21. The zero-order valence-corrected chi connectivity index (χ0v) is 9.67. The molecule has 0 aromatic heterocycles. The van der Waals surface area contributed by atoms with E-state index in [4.69, 9.17) is 0 Å². The van der Waals surface area contributed by atoms with Crippen molar-refractivity contribution in [1.29, 1.82) is 0 Å². The summed E-state index contributed by atoms with van der Waals surface area (Å²) >= 11 is 2.05. The highest BCUT2D eigenvalue weighted by Gasteiger charge is 2.19. The van der Waals surface area contributed by atoms with Crippen LogP contribution in [0.2, 0.25) is 0 Å². The predicted octanol–water partition coefficient (Wildman–Crippen LogP) is 2.91. The molecule has 0 aliphatic heterocycles. The molecule has 1 aliphatic carbocycles. The Morgan fingerprint density at radius 2 is 2.00 bits per heavy atom. The normalized spacial score (nSPS) is 16.4. The smallest absolute Gasteiger partial charge is 0.00411 e. The molecule has 0 aromatic rings. The third-order valence-corrected chi connectivity index (χ3v) is 3.49. The number of nitrogens with one attached hydrogen (secondary N) is 1. The maximum Gasteiger partial charge on any atom is -0.00411 e. The Morgan fingerprint density at radius 3 is 2.69 bits per heavy atom. The summed E-state index contributed by atoms with van der Waals surface area (Å²) < 4.78 is 0. The molecule has 0 heterocycles. The number of hydrogen-bond donors (Lipinski definition) is 1. The van der Waals surface area contributed by atoms with E-state index in [2.05, 4.69) is 12.2 Å². The molecule has 0 atom stereocenters. The van der Waals surface area contributed by atoms with E-state index in [1.54, 1.807) is 0 Å². The predicted molar refractivity (Wildman–Crippen MR) is 62.4 cm³/mol. The molecule has 1 fully saturated rings. The molecule has 0 spiro atoms. The average molecular weight is 201 g/mol. The zero-order chi connectivity index (χ0) is 9.36. The molecule has 1 aliphatic rings. The molecule has 2 heteroatoms. The Morgan fingerprint density at radius 1 is 1.23 bits per heavy atom. The average Bonchev–Trinajstić information content (AvgIpc) is 2.93. The lowest BCUT2D eigenvalue weighted by Gasteiger charge is -2.03. The van der Waals surface area contributed by atoms with E-state index in [9.17, 15) is 0 Å². The van der Waals surface area contributed by atoms with E-state index in [1.165, 1.54) is 56.7 Å². The Kier molecular flexibility index (Phi) is 6.73. The van der Waals surface area contributed by atoms with Crippen LogP contribution in [-0.4, -0.2) is 24.6 Å². The summed E-state index contributed by atoms with van der Waals surface area (Å²) in [6.45, 7) is 4.69. The molecule has 0 bridgehead atoms. The molecular weight excluding hydrogens is 178 g/mol. The molecule has 0 saturated heterocycles. The van der Waals surface area contributed by atoms with Crippen molar-refractivity contribution in [1.82, 2.24) is 5.32 Å². The van der Waals surface area contributed by atoms with E-state index in [0.717, 1.165) is 5.92 Å². The molecular formula is C11H23NS. The Balaban J connectivity index is 1.63. The minimum atomic E-state index is 1.11. The van der Waals surface area contributed by atoms with Gasteiger partial charge in [-0.25, -0.2) is 0 Å². The van der Waals surface area contributed by atoms with Gasteiger partial charge in [-0.3, -0.25) is 0 Å². The van der Waals surface area contributed by atoms with Crippen LogP contribution >= 0.6 is 11.8 Å². The quantitative estimate of drug-likeness (QED) is 0.576. The van der Waals surface area contributed by atoms with Gasteiger partial charge < -0.3 is 5.32 Å². The molecule has 13 heavy (non-hydrogen) atoms. The van der Waals surface area contributed by atoms with Crippen molar-refractivity contribution in [2.75, 3.05) is 24.6 Å². The van der Waals surface area contributed by atoms with Gasteiger partial charge in [-0.1, -0.05) is 19.8 Å². The Labute approximate surface area is 87.1 Å². The molecule has 1 nitrogen and oxygen atoms in total. The second kappa shape index (κ2) is 7.69. The molecule has 1 rings (SSSR count). The van der Waals surface area contributed by atoms with Crippen LogP contribution in [0.3, 0.4) is 0 Å². The first-order valence-corrected chi connectivity index (χ1v) is 6.87. The summed E-state index contributed by atoms with van der Waals surface area (Å²) in [7, 11) is 0. The second-order valence-electron chi connectivity index (χ2n) is 3.89. The summed E-state index contributed by atoms with van der Waals surface area (Å²) in [5, 5.41) is 3.51. The molecule has 0 unspecified atom stereocenters. The number of hydrogen-bond acceptors (Lipinski definition) is 2. The van der Waals surface area contributed by atoms with Gasteiger partial charge in [-0.05, 0) is 49.8 Å². The van der Waals surface area contributed by atoms with Crippen molar-refractivity contribution in [3.05, 3.63) is 0 Å². The van der Waals surface area contributed by atoms with Gasteiger partial charge >= 0.3 is 0 Å². The van der Waals surface area contributed by atoms with Crippen LogP contribution in [-0.2, 0) is 0 Å². The first-order valence-electron chi connectivity index (χ1n) is 5.72. The maximum atomic E-state index is 3.51. The fourth-order valence-corrected chi connectivity index (χ4v) is 2.13.